The molecule has 0 aliphatic rings. The number of allylic oxidation sites excluding steroid dienone is 13. The van der Waals surface area contributed by atoms with E-state index in [1.54, 1.807) is 6.08 Å². The summed E-state index contributed by atoms with van der Waals surface area (Å²) in [6.45, 7) is 4.51. The third-order valence-corrected chi connectivity index (χ3v) is 13.1. The lowest BCUT2D eigenvalue weighted by Gasteiger charge is -2.29. The molecule has 2 N–H and O–H groups in total. The van der Waals surface area contributed by atoms with E-state index in [0.29, 0.717) is 17.4 Å². The summed E-state index contributed by atoms with van der Waals surface area (Å²) in [5.41, 5.74) is 0. The van der Waals surface area contributed by atoms with Gasteiger partial charge in [-0.1, -0.05) is 234 Å². The van der Waals surface area contributed by atoms with Gasteiger partial charge in [0.2, 0.25) is 5.91 Å². The Labute approximate surface area is 420 Å². The Bertz CT molecular complexity index is 1380. The molecule has 0 aromatic rings. The van der Waals surface area contributed by atoms with Gasteiger partial charge in [0.1, 0.15) is 13.2 Å². The Morgan fingerprint density at radius 2 is 0.912 bits per heavy atom. The first-order valence-corrected chi connectivity index (χ1v) is 29.4. The first-order chi connectivity index (χ1) is 33.0. The molecule has 9 heteroatoms. The third kappa shape index (κ3) is 51.5. The summed E-state index contributed by atoms with van der Waals surface area (Å²) in [5.74, 6) is -0.210. The number of aliphatic hydroxyl groups is 1. The van der Waals surface area contributed by atoms with Crippen LogP contribution in [0.3, 0.4) is 0 Å². The first-order valence-electron chi connectivity index (χ1n) is 27.9. The summed E-state index contributed by atoms with van der Waals surface area (Å²) >= 11 is 0. The van der Waals surface area contributed by atoms with Gasteiger partial charge in [-0.25, -0.2) is 0 Å². The molecule has 8 nitrogen and oxygen atoms in total. The lowest BCUT2D eigenvalue weighted by Crippen LogP contribution is -2.45. The fraction of sp³-hybridized carbons (Fsp3) is 0.746. The molecule has 3 unspecified atom stereocenters. The van der Waals surface area contributed by atoms with E-state index in [1.165, 1.54) is 141 Å². The van der Waals surface area contributed by atoms with E-state index in [2.05, 4.69) is 92.1 Å². The maximum atomic E-state index is 12.9. The van der Waals surface area contributed by atoms with Gasteiger partial charge in [-0.3, -0.25) is 9.36 Å². The quantitative estimate of drug-likeness (QED) is 0.0272. The smallest absolute Gasteiger partial charge is 0.268 e. The number of nitrogens with one attached hydrogen (secondary N) is 1. The average molecular weight is 971 g/mol. The predicted molar refractivity (Wildman–Crippen MR) is 293 cm³/mol. The number of amides is 1. The van der Waals surface area contributed by atoms with E-state index in [0.717, 1.165) is 70.6 Å². The zero-order chi connectivity index (χ0) is 49.9. The molecule has 0 fully saturated rings. The molecule has 0 aliphatic heterocycles. The molecule has 0 heterocycles. The summed E-state index contributed by atoms with van der Waals surface area (Å²) in [6.07, 6.45) is 69.4. The van der Waals surface area contributed by atoms with E-state index >= 15 is 0 Å². The number of unbranched alkanes of at least 4 members (excludes halogenated alkanes) is 25. The molecule has 0 bridgehead atoms. The summed E-state index contributed by atoms with van der Waals surface area (Å²) in [5, 5.41) is 13.8. The molecule has 394 valence electrons. The Morgan fingerprint density at radius 3 is 1.37 bits per heavy atom. The van der Waals surface area contributed by atoms with Crippen molar-refractivity contribution in [1.29, 1.82) is 0 Å². The third-order valence-electron chi connectivity index (χ3n) is 12.1. The second kappa shape index (κ2) is 49.7. The highest BCUT2D eigenvalue weighted by molar-refractivity contribution is 7.45. The van der Waals surface area contributed by atoms with Gasteiger partial charge in [0.25, 0.3) is 7.82 Å². The van der Waals surface area contributed by atoms with Gasteiger partial charge < -0.3 is 28.8 Å². The topological polar surface area (TPSA) is 108 Å². The average Bonchev–Trinajstić information content (AvgIpc) is 3.30. The molecule has 0 saturated heterocycles. The minimum absolute atomic E-state index is 0.00886. The summed E-state index contributed by atoms with van der Waals surface area (Å²) in [7, 11) is 1.24. The first kappa shape index (κ1) is 65.7. The van der Waals surface area contributed by atoms with Crippen LogP contribution in [-0.4, -0.2) is 68.5 Å². The summed E-state index contributed by atoms with van der Waals surface area (Å²) < 4.78 is 23.3. The number of aliphatic hydroxyl groups excluding tert-OH is 1. The van der Waals surface area contributed by atoms with Gasteiger partial charge in [0.15, 0.2) is 0 Å². The molecule has 0 aromatic carbocycles. The van der Waals surface area contributed by atoms with Crippen molar-refractivity contribution < 1.29 is 32.9 Å². The normalized spacial score (nSPS) is 14.6. The van der Waals surface area contributed by atoms with Crippen molar-refractivity contribution in [3.63, 3.8) is 0 Å². The SMILES string of the molecule is CC/C=C\C/C=C\C/C=C\C/C=C\C/C=C\CCCCCCCCCCCCCCCCCC(=O)NC(COP(=O)([O-])OCC[N+](C)(C)C)C(O)/C=C/CC/C=C/CCCCCCCCCCC. The highest BCUT2D eigenvalue weighted by atomic mass is 31.2. The Kier molecular flexibility index (Phi) is 48.0. The molecule has 68 heavy (non-hydrogen) atoms. The Balaban J connectivity index is 4.15. The van der Waals surface area contributed by atoms with E-state index in [1.807, 2.05) is 27.2 Å². The summed E-state index contributed by atoms with van der Waals surface area (Å²) in [4.78, 5) is 25.4. The molecule has 0 rings (SSSR count). The van der Waals surface area contributed by atoms with Crippen LogP contribution in [0.5, 0.6) is 0 Å². The number of phosphoric ester groups is 1. The van der Waals surface area contributed by atoms with Crippen molar-refractivity contribution in [2.75, 3.05) is 40.9 Å². The fourth-order valence-corrected chi connectivity index (χ4v) is 8.45. The van der Waals surface area contributed by atoms with Gasteiger partial charge in [0.05, 0.1) is 39.9 Å². The van der Waals surface area contributed by atoms with Gasteiger partial charge in [-0.2, -0.15) is 0 Å². The number of rotatable bonds is 50. The molecule has 0 aliphatic carbocycles. The van der Waals surface area contributed by atoms with Crippen molar-refractivity contribution in [1.82, 2.24) is 5.32 Å². The van der Waals surface area contributed by atoms with E-state index in [9.17, 15) is 19.4 Å². The van der Waals surface area contributed by atoms with Crippen molar-refractivity contribution in [2.24, 2.45) is 0 Å². The fourth-order valence-electron chi connectivity index (χ4n) is 7.73. The summed E-state index contributed by atoms with van der Waals surface area (Å²) in [6, 6.07) is -0.907. The molecular formula is C59H107N2O6P. The Hall–Kier alpha value is -2.32. The van der Waals surface area contributed by atoms with Gasteiger partial charge in [-0.15, -0.1) is 0 Å². The largest absolute Gasteiger partial charge is 0.756 e. The number of carbonyl (C=O) groups excluding carboxylic acids is 1. The van der Waals surface area contributed by atoms with Gasteiger partial charge in [0, 0.05) is 6.42 Å². The van der Waals surface area contributed by atoms with Crippen molar-refractivity contribution >= 4 is 13.7 Å². The Morgan fingerprint density at radius 1 is 0.529 bits per heavy atom. The number of nitrogens with zero attached hydrogens (tertiary/aromatic N) is 1. The highest BCUT2D eigenvalue weighted by Crippen LogP contribution is 2.38. The van der Waals surface area contributed by atoms with Gasteiger partial charge in [-0.05, 0) is 77.0 Å². The molecule has 0 spiro atoms. The standard InChI is InChI=1S/C59H107N2O6P/c1-6-8-10-12-14-16-18-20-22-23-24-25-26-27-28-29-30-31-32-33-34-35-36-37-39-41-43-45-47-49-51-53-59(63)60-57(56-67-68(64,65)66-55-54-61(3,4)5)58(62)52-50-48-46-44-42-40-38-21-19-17-15-13-11-9-7-2/h8,10,14,16,20,22,24-25,27-28,42,44,50,52,57-58,62H,6-7,9,11-13,15,17-19,21,23,26,29-41,43,45-49,51,53-56H2,1-5H3,(H-,60,63,64,65)/b10-8-,16-14-,22-20-,25-24-,28-27-,44-42+,52-50+. The molecule has 0 saturated carbocycles. The van der Waals surface area contributed by atoms with Gasteiger partial charge >= 0.3 is 0 Å². The minimum atomic E-state index is -4.60. The van der Waals surface area contributed by atoms with Crippen LogP contribution in [0.15, 0.2) is 85.1 Å². The lowest BCUT2D eigenvalue weighted by molar-refractivity contribution is -0.870. The lowest BCUT2D eigenvalue weighted by atomic mass is 10.0. The number of likely N-dealkylation sites (N-methyl/N-ethyl adjacent to an activating group) is 1. The molecule has 3 atom stereocenters. The highest BCUT2D eigenvalue weighted by Gasteiger charge is 2.23. The van der Waals surface area contributed by atoms with Crippen LogP contribution in [0, 0.1) is 0 Å². The number of carbonyl (C=O) groups is 1. The minimum Gasteiger partial charge on any atom is -0.756 e. The predicted octanol–water partition coefficient (Wildman–Crippen LogP) is 16.2. The van der Waals surface area contributed by atoms with E-state index in [-0.39, 0.29) is 12.5 Å². The van der Waals surface area contributed by atoms with Crippen LogP contribution in [0.1, 0.15) is 232 Å². The zero-order valence-electron chi connectivity index (χ0n) is 44.8. The van der Waals surface area contributed by atoms with Crippen molar-refractivity contribution in [3.8, 4) is 0 Å². The van der Waals surface area contributed by atoms with Crippen LogP contribution in [0.4, 0.5) is 0 Å². The van der Waals surface area contributed by atoms with Crippen LogP contribution >= 0.6 is 7.82 Å². The zero-order valence-corrected chi connectivity index (χ0v) is 45.7. The molecule has 1 amide bonds. The number of hydrogen-bond acceptors (Lipinski definition) is 6. The number of phosphoric acid groups is 1. The van der Waals surface area contributed by atoms with Crippen molar-refractivity contribution in [2.45, 2.75) is 244 Å². The number of quaternary nitrogens is 1. The maximum Gasteiger partial charge on any atom is 0.268 e. The van der Waals surface area contributed by atoms with Crippen LogP contribution in [0.2, 0.25) is 0 Å². The molecular weight excluding hydrogens is 864 g/mol. The van der Waals surface area contributed by atoms with Crippen LogP contribution < -0.4 is 10.2 Å². The second-order valence-corrected chi connectivity index (χ2v) is 21.3. The molecule has 0 radical (unpaired) electrons. The maximum absolute atomic E-state index is 12.9. The molecule has 0 aromatic heterocycles. The van der Waals surface area contributed by atoms with E-state index in [4.69, 9.17) is 9.05 Å². The van der Waals surface area contributed by atoms with Crippen LogP contribution in [-0.2, 0) is 18.4 Å². The second-order valence-electron chi connectivity index (χ2n) is 19.9. The van der Waals surface area contributed by atoms with Crippen LogP contribution in [0.25, 0.3) is 0 Å². The van der Waals surface area contributed by atoms with E-state index < -0.39 is 26.6 Å². The number of hydrogen-bond donors (Lipinski definition) is 2. The monoisotopic (exact) mass is 971 g/mol. The van der Waals surface area contributed by atoms with Crippen molar-refractivity contribution in [3.05, 3.63) is 85.1 Å².